The van der Waals surface area contributed by atoms with Crippen LogP contribution in [0.25, 0.3) is 88.2 Å². The molecule has 466 valence electrons. The fourth-order valence-electron chi connectivity index (χ4n) is 17.4. The lowest BCUT2D eigenvalue weighted by atomic mass is 9.32. The predicted molar refractivity (Wildman–Crippen MR) is 416 cm³/mol. The zero-order valence-electron chi connectivity index (χ0n) is 54.3. The highest BCUT2D eigenvalue weighted by Crippen LogP contribution is 2.46. The second kappa shape index (κ2) is 21.8. The van der Waals surface area contributed by atoms with Gasteiger partial charge in [-0.25, -0.2) is 4.98 Å². The van der Waals surface area contributed by atoms with Gasteiger partial charge in [0.15, 0.2) is 22.9 Å². The van der Waals surface area contributed by atoms with Crippen LogP contribution in [0.15, 0.2) is 326 Å². The van der Waals surface area contributed by atoms with E-state index in [0.717, 1.165) is 150 Å². The SMILES string of the molecule is c1ccc(B2c3ccccc3Oc3c4c(c5c(oc6c(-n7c8ccccc8c8cc(-c9ccc(B%10c%11ccccc%11Oc%11ccc%12c(c%11%10)Oc%10ccccc%10B%12c%10cccc(-n%11c%12ccccc%12c%12ccccc%12%11)c%10)cc9)ccc87)nccc65)c32)B(c2ccccc2)c2ccccc2O4)cc1. The van der Waals surface area contributed by atoms with Gasteiger partial charge in [0.25, 0.3) is 26.9 Å². The molecule has 0 N–H and O–H groups in total. The van der Waals surface area contributed by atoms with E-state index in [4.69, 9.17) is 28.3 Å². The molecule has 0 unspecified atom stereocenters. The summed E-state index contributed by atoms with van der Waals surface area (Å²) in [6, 6.07) is 113. The first-order valence-corrected chi connectivity index (χ1v) is 34.6. The molecule has 0 atom stereocenters. The van der Waals surface area contributed by atoms with Crippen molar-refractivity contribution >= 4 is 158 Å². The van der Waals surface area contributed by atoms with E-state index in [1.165, 1.54) is 27.3 Å². The van der Waals surface area contributed by atoms with Crippen LogP contribution in [-0.2, 0) is 0 Å². The smallest absolute Gasteiger partial charge is 0.256 e. The quantitative estimate of drug-likeness (QED) is 0.148. The topological polar surface area (TPSA) is 72.8 Å². The molecule has 0 radical (unpaired) electrons. The standard InChI is InChI=1S/C89H53B4N3O5/c1-3-22-56(23-4-1)92-68-33-12-19-40-77(68)99-87-82(92)80-64-50-51-94-89(84(64)101-86(80)83-88(87)100-78-41-20-13-34-69(78)93(83)57-24-5-2-6-25-57)96-73-37-16-9-30-63(73)65-52-55(44-48-74(65)96)54-42-45-58(46-43-54)91-67-32-11-17-38-75(67)97-79-49-47-70-85(81(79)91)98-76-39-18-10-31-66(76)90(70)59-26-21-27-60(53-59)95-71-35-14-7-28-61(71)62-29-8-15-36-72(62)95/h1-53H. The summed E-state index contributed by atoms with van der Waals surface area (Å²) in [5, 5.41) is 6.59. The zero-order chi connectivity index (χ0) is 66.0. The summed E-state index contributed by atoms with van der Waals surface area (Å²) in [5.41, 5.74) is 22.0. The summed E-state index contributed by atoms with van der Waals surface area (Å²) in [6.07, 6.45) is 1.94. The van der Waals surface area contributed by atoms with Crippen LogP contribution in [0.4, 0.5) is 0 Å². The number of ether oxygens (including phenoxy) is 4. The number of aromatic nitrogens is 3. The Bertz CT molecular complexity index is 6470. The van der Waals surface area contributed by atoms with Crippen LogP contribution in [0.3, 0.4) is 0 Å². The van der Waals surface area contributed by atoms with Crippen molar-refractivity contribution in [1.29, 1.82) is 0 Å². The van der Waals surface area contributed by atoms with Gasteiger partial charge in [-0.1, -0.05) is 258 Å². The van der Waals surface area contributed by atoms with Gasteiger partial charge in [-0.2, -0.15) is 0 Å². The van der Waals surface area contributed by atoms with Crippen LogP contribution in [0, 0.1) is 0 Å². The maximum absolute atomic E-state index is 7.68. The molecule has 0 bridgehead atoms. The number of furan rings is 1. The van der Waals surface area contributed by atoms with E-state index >= 15 is 0 Å². The minimum Gasteiger partial charge on any atom is -0.459 e. The molecular formula is C89H53B4N3O5. The first-order valence-electron chi connectivity index (χ1n) is 34.6. The van der Waals surface area contributed by atoms with Gasteiger partial charge in [-0.15, -0.1) is 0 Å². The van der Waals surface area contributed by atoms with E-state index in [2.05, 4.69) is 312 Å². The monoisotopic (exact) mass is 1290 g/mol. The Balaban J connectivity index is 0.683. The Labute approximate surface area is 582 Å². The molecule has 22 rings (SSSR count). The minimum atomic E-state index is -0.250. The molecule has 4 aliphatic heterocycles. The second-order valence-electron chi connectivity index (χ2n) is 27.0. The van der Waals surface area contributed by atoms with Crippen molar-refractivity contribution in [2.24, 2.45) is 0 Å². The van der Waals surface area contributed by atoms with Gasteiger partial charge < -0.3 is 27.9 Å². The fraction of sp³-hybridized carbons (Fsp3) is 0. The van der Waals surface area contributed by atoms with Crippen LogP contribution in [0.1, 0.15) is 0 Å². The molecule has 0 aliphatic carbocycles. The highest BCUT2D eigenvalue weighted by Gasteiger charge is 2.46. The molecule has 0 saturated heterocycles. The van der Waals surface area contributed by atoms with Gasteiger partial charge in [-0.3, -0.25) is 4.57 Å². The Morgan fingerprint density at radius 2 is 0.743 bits per heavy atom. The van der Waals surface area contributed by atoms with Crippen LogP contribution in [0.5, 0.6) is 46.0 Å². The number of nitrogens with zero attached hydrogens (tertiary/aromatic N) is 3. The third kappa shape index (κ3) is 8.27. The number of benzene rings is 14. The Morgan fingerprint density at radius 3 is 1.38 bits per heavy atom. The molecule has 0 amide bonds. The summed E-state index contributed by atoms with van der Waals surface area (Å²) >= 11 is 0. The number of fused-ring (bicyclic) bond motifs is 21. The van der Waals surface area contributed by atoms with Gasteiger partial charge >= 0.3 is 0 Å². The molecular weight excluding hydrogens is 1230 g/mol. The van der Waals surface area contributed by atoms with E-state index in [0.29, 0.717) is 22.9 Å². The van der Waals surface area contributed by atoms with E-state index < -0.39 is 0 Å². The summed E-state index contributed by atoms with van der Waals surface area (Å²) < 4.78 is 41.0. The first-order chi connectivity index (χ1) is 50.1. The summed E-state index contributed by atoms with van der Waals surface area (Å²) in [7, 11) is 0. The predicted octanol–water partition coefficient (Wildman–Crippen LogP) is 13.3. The van der Waals surface area contributed by atoms with Crippen molar-refractivity contribution in [2.75, 3.05) is 0 Å². The Morgan fingerprint density at radius 1 is 0.267 bits per heavy atom. The van der Waals surface area contributed by atoms with Gasteiger partial charge in [-0.05, 0) is 123 Å². The number of hydrogen-bond acceptors (Lipinski definition) is 6. The van der Waals surface area contributed by atoms with Gasteiger partial charge in [0.05, 0.1) is 22.1 Å². The van der Waals surface area contributed by atoms with Crippen molar-refractivity contribution < 1.29 is 23.4 Å². The molecule has 4 aliphatic rings. The molecule has 18 aromatic rings. The lowest BCUT2D eigenvalue weighted by molar-refractivity contribution is 0.424. The highest BCUT2D eigenvalue weighted by molar-refractivity contribution is 7.02. The molecule has 0 saturated carbocycles. The summed E-state index contributed by atoms with van der Waals surface area (Å²) in [6.45, 7) is -0.810. The molecule has 0 spiro atoms. The highest BCUT2D eigenvalue weighted by atomic mass is 16.5. The third-order valence-electron chi connectivity index (χ3n) is 21.7. The van der Waals surface area contributed by atoms with Crippen LogP contribution >= 0.6 is 0 Å². The maximum atomic E-state index is 7.68. The molecule has 8 nitrogen and oxygen atoms in total. The van der Waals surface area contributed by atoms with Crippen molar-refractivity contribution in [3.63, 3.8) is 0 Å². The minimum absolute atomic E-state index is 0.129. The zero-order valence-corrected chi connectivity index (χ0v) is 54.3. The largest absolute Gasteiger partial charge is 0.459 e. The van der Waals surface area contributed by atoms with Crippen LogP contribution in [0.2, 0.25) is 0 Å². The maximum Gasteiger partial charge on any atom is 0.256 e. The molecule has 14 aromatic carbocycles. The van der Waals surface area contributed by atoms with Crippen molar-refractivity contribution in [1.82, 2.24) is 14.1 Å². The van der Waals surface area contributed by atoms with E-state index in [1.807, 2.05) is 18.3 Å². The molecule has 4 aromatic heterocycles. The van der Waals surface area contributed by atoms with Gasteiger partial charge in [0.1, 0.15) is 40.1 Å². The fourth-order valence-corrected chi connectivity index (χ4v) is 17.4. The second-order valence-corrected chi connectivity index (χ2v) is 27.0. The lowest BCUT2D eigenvalue weighted by Crippen LogP contribution is -2.60. The van der Waals surface area contributed by atoms with Gasteiger partial charge in [0.2, 0.25) is 0 Å². The van der Waals surface area contributed by atoms with Crippen molar-refractivity contribution in [2.45, 2.75) is 0 Å². The van der Waals surface area contributed by atoms with Crippen LogP contribution in [-0.4, -0.2) is 41.0 Å². The number of rotatable bonds is 7. The van der Waals surface area contributed by atoms with Crippen molar-refractivity contribution in [3.8, 4) is 68.6 Å². The molecule has 101 heavy (non-hydrogen) atoms. The Kier molecular flexibility index (Phi) is 12.1. The third-order valence-corrected chi connectivity index (χ3v) is 21.7. The summed E-state index contributed by atoms with van der Waals surface area (Å²) in [5.74, 6) is 6.91. The van der Waals surface area contributed by atoms with Gasteiger partial charge in [0, 0.05) is 55.1 Å². The average Bonchev–Trinajstić information content (AvgIpc) is 1.65. The van der Waals surface area contributed by atoms with E-state index in [-0.39, 0.29) is 26.9 Å². The number of pyridine rings is 1. The normalized spacial score (nSPS) is 13.2. The van der Waals surface area contributed by atoms with Crippen molar-refractivity contribution in [3.05, 3.63) is 322 Å². The van der Waals surface area contributed by atoms with E-state index in [1.54, 1.807) is 0 Å². The molecule has 0 fully saturated rings. The number of para-hydroxylation sites is 7. The summed E-state index contributed by atoms with van der Waals surface area (Å²) in [4.78, 5) is 5.34. The molecule has 8 heterocycles. The van der Waals surface area contributed by atoms with E-state index in [9.17, 15) is 0 Å². The first kappa shape index (κ1) is 56.1. The average molecular weight is 1290 g/mol. The molecule has 12 heteroatoms. The Hall–Kier alpha value is -12.9. The van der Waals surface area contributed by atoms with Crippen LogP contribution < -0.4 is 84.5 Å². The lowest BCUT2D eigenvalue weighted by Gasteiger charge is -2.34. The number of hydrogen-bond donors (Lipinski definition) is 0.